The number of H-pyrrole nitrogens is 1. The fourth-order valence-electron chi connectivity index (χ4n) is 6.02. The van der Waals surface area contributed by atoms with Crippen molar-refractivity contribution in [2.45, 2.75) is 37.4 Å². The van der Waals surface area contributed by atoms with Gasteiger partial charge in [0, 0.05) is 30.0 Å². The number of benzene rings is 4. The van der Waals surface area contributed by atoms with Gasteiger partial charge in [-0.25, -0.2) is 4.79 Å². The van der Waals surface area contributed by atoms with E-state index in [1.54, 1.807) is 45.4 Å². The summed E-state index contributed by atoms with van der Waals surface area (Å²) in [5.41, 5.74) is 0.428. The lowest BCUT2D eigenvalue weighted by molar-refractivity contribution is -0.0923. The van der Waals surface area contributed by atoms with Crippen LogP contribution in [0.4, 0.5) is 0 Å². The predicted molar refractivity (Wildman–Crippen MR) is 191 cm³/mol. The van der Waals surface area contributed by atoms with Crippen molar-refractivity contribution in [2.75, 3.05) is 20.8 Å². The summed E-state index contributed by atoms with van der Waals surface area (Å²) in [6.07, 6.45) is -1.08. The molecule has 0 bridgehead atoms. The van der Waals surface area contributed by atoms with Crippen LogP contribution in [0.3, 0.4) is 0 Å². The number of aryl methyl sites for hydroxylation is 1. The largest absolute Gasteiger partial charge is 0.497 e. The minimum Gasteiger partial charge on any atom is -0.497 e. The first-order chi connectivity index (χ1) is 24.1. The Labute approximate surface area is 294 Å². The van der Waals surface area contributed by atoms with Crippen LogP contribution in [0, 0.1) is 6.92 Å². The highest BCUT2D eigenvalue weighted by molar-refractivity contribution is 8.07. The van der Waals surface area contributed by atoms with Gasteiger partial charge >= 0.3 is 12.4 Å². The molecule has 260 valence electrons. The van der Waals surface area contributed by atoms with Crippen LogP contribution >= 0.6 is 6.72 Å². The van der Waals surface area contributed by atoms with E-state index < -0.39 is 42.0 Å². The molecule has 6 rings (SSSR count). The second-order valence-corrected chi connectivity index (χ2v) is 14.4. The van der Waals surface area contributed by atoms with E-state index in [4.69, 9.17) is 39.8 Å². The van der Waals surface area contributed by atoms with E-state index in [0.717, 1.165) is 16.7 Å². The summed E-state index contributed by atoms with van der Waals surface area (Å²) in [6, 6.07) is 33.6. The van der Waals surface area contributed by atoms with Gasteiger partial charge in [-0.05, 0) is 60.0 Å². The van der Waals surface area contributed by atoms with E-state index in [-0.39, 0.29) is 13.0 Å². The zero-order valence-corrected chi connectivity index (χ0v) is 29.3. The number of hydrogen-bond acceptors (Lipinski definition) is 9. The molecule has 2 N–H and O–H groups in total. The molecule has 1 aliphatic heterocycles. The van der Waals surface area contributed by atoms with Gasteiger partial charge in [-0.15, -0.1) is 0 Å². The molecule has 0 amide bonds. The number of aromatic amines is 1. The van der Waals surface area contributed by atoms with Crippen LogP contribution in [-0.4, -0.2) is 47.5 Å². The fourth-order valence-corrected chi connectivity index (χ4v) is 7.61. The van der Waals surface area contributed by atoms with Crippen molar-refractivity contribution in [3.8, 4) is 17.2 Å². The maximum Gasteiger partial charge on any atom is 0.378 e. The summed E-state index contributed by atoms with van der Waals surface area (Å²) in [5.74, 6) is 1.69. The molecule has 11 nitrogen and oxygen atoms in total. The highest BCUT2D eigenvalue weighted by Crippen LogP contribution is 2.49. The fraction of sp³-hybridized carbons (Fsp3) is 0.243. The molecule has 0 spiro atoms. The molecule has 50 heavy (non-hydrogen) atoms. The summed E-state index contributed by atoms with van der Waals surface area (Å²) in [4.78, 5) is 38.7. The summed E-state index contributed by atoms with van der Waals surface area (Å²) < 4.78 is 37.6. The molecule has 1 aromatic heterocycles. The number of hydrogen-bond donors (Lipinski definition) is 2. The van der Waals surface area contributed by atoms with Crippen molar-refractivity contribution in [1.82, 2.24) is 9.55 Å². The molecular formula is C37H37N2O9PS. The molecule has 0 aliphatic carbocycles. The zero-order chi connectivity index (χ0) is 35.3. The van der Waals surface area contributed by atoms with E-state index >= 15 is 0 Å². The van der Waals surface area contributed by atoms with Crippen molar-refractivity contribution < 1.29 is 32.9 Å². The highest BCUT2D eigenvalue weighted by atomic mass is 32.5. The third-order valence-corrected chi connectivity index (χ3v) is 9.97. The van der Waals surface area contributed by atoms with Gasteiger partial charge in [-0.2, -0.15) is 0 Å². The number of nitrogens with one attached hydrogen (secondary N) is 1. The Hall–Kier alpha value is -4.55. The first-order valence-corrected chi connectivity index (χ1v) is 18.4. The van der Waals surface area contributed by atoms with Crippen molar-refractivity contribution in [3.63, 3.8) is 0 Å². The third kappa shape index (κ3) is 7.61. The van der Waals surface area contributed by atoms with Gasteiger partial charge in [-0.3, -0.25) is 18.9 Å². The molecule has 4 atom stereocenters. The van der Waals surface area contributed by atoms with Gasteiger partial charge < -0.3 is 28.4 Å². The van der Waals surface area contributed by atoms with Gasteiger partial charge in [0.25, 0.3) is 5.56 Å². The van der Waals surface area contributed by atoms with Gasteiger partial charge in [0.05, 0.1) is 20.8 Å². The van der Waals surface area contributed by atoms with E-state index in [1.807, 2.05) is 84.9 Å². The summed E-state index contributed by atoms with van der Waals surface area (Å²) in [7, 11) is 3.21. The lowest BCUT2D eigenvalue weighted by Crippen LogP contribution is -2.38. The van der Waals surface area contributed by atoms with E-state index in [9.17, 15) is 14.5 Å². The normalized spacial score (nSPS) is 18.7. The predicted octanol–water partition coefficient (Wildman–Crippen LogP) is 5.84. The molecule has 2 heterocycles. The molecule has 13 heteroatoms. The number of nitrogens with zero attached hydrogens (tertiary/aromatic N) is 1. The zero-order valence-electron chi connectivity index (χ0n) is 27.6. The number of methoxy groups -OCH3 is 2. The molecule has 1 unspecified atom stereocenters. The third-order valence-electron chi connectivity index (χ3n) is 8.51. The molecule has 1 fully saturated rings. The second-order valence-electron chi connectivity index (χ2n) is 11.7. The molecule has 1 aliphatic rings. The van der Waals surface area contributed by atoms with Crippen LogP contribution in [0.2, 0.25) is 0 Å². The van der Waals surface area contributed by atoms with Crippen molar-refractivity contribution in [2.24, 2.45) is 0 Å². The number of ether oxygens (including phenoxy) is 4. The van der Waals surface area contributed by atoms with Gasteiger partial charge in [0.15, 0.2) is 0 Å². The monoisotopic (exact) mass is 716 g/mol. The molecular weight excluding hydrogens is 679 g/mol. The SMILES string of the molecule is COc1ccc(C(OC[C@H]2O[C@@H](n3cc(C)c(=O)[nH]c3=O)C[C@@H]2OP(O)(=S)Oc2ccccc2)(c2ccccc2)c2ccc(OC)cc2)cc1. The van der Waals surface area contributed by atoms with Crippen molar-refractivity contribution >= 4 is 18.5 Å². The van der Waals surface area contributed by atoms with Crippen molar-refractivity contribution in [3.05, 3.63) is 158 Å². The molecule has 4 aromatic carbocycles. The van der Waals surface area contributed by atoms with Gasteiger partial charge in [-0.1, -0.05) is 72.8 Å². The standard InChI is InChI=1S/C37H37N2O9PS/c1-25-23-39(36(41)38-35(25)40)34-22-32(48-49(42,50)47-31-12-8-5-9-13-31)33(46-34)24-45-37(26-10-6-4-7-11-26,27-14-18-29(43-2)19-15-27)28-16-20-30(44-3)21-17-28/h4-21,23,32-34H,22,24H2,1-3H3,(H,42,50)(H,38,40,41)/t32-,33+,34+,49?/m0/s1. The Balaban J connectivity index is 1.41. The van der Waals surface area contributed by atoms with Crippen molar-refractivity contribution in [1.29, 1.82) is 0 Å². The Morgan fingerprint density at radius 1 is 0.840 bits per heavy atom. The van der Waals surface area contributed by atoms with Crippen LogP contribution < -0.4 is 25.2 Å². The Morgan fingerprint density at radius 2 is 1.38 bits per heavy atom. The van der Waals surface area contributed by atoms with E-state index in [0.29, 0.717) is 22.8 Å². The summed E-state index contributed by atoms with van der Waals surface area (Å²) in [6.45, 7) is -2.36. The molecule has 5 aromatic rings. The summed E-state index contributed by atoms with van der Waals surface area (Å²) >= 11 is 5.45. The first-order valence-electron chi connectivity index (χ1n) is 15.8. The van der Waals surface area contributed by atoms with Gasteiger partial charge in [0.1, 0.15) is 41.3 Å². The van der Waals surface area contributed by atoms with Gasteiger partial charge in [0.2, 0.25) is 0 Å². The topological polar surface area (TPSA) is 130 Å². The van der Waals surface area contributed by atoms with E-state index in [2.05, 4.69) is 4.98 Å². The maximum atomic E-state index is 12.9. The highest BCUT2D eigenvalue weighted by Gasteiger charge is 2.45. The Bertz CT molecular complexity index is 2010. The number of rotatable bonds is 13. The lowest BCUT2D eigenvalue weighted by Gasteiger charge is -2.37. The quantitative estimate of drug-likeness (QED) is 0.113. The van der Waals surface area contributed by atoms with Crippen LogP contribution in [-0.2, 0) is 31.4 Å². The average molecular weight is 717 g/mol. The Morgan fingerprint density at radius 3 is 1.94 bits per heavy atom. The molecule has 0 radical (unpaired) electrons. The second kappa shape index (κ2) is 15.1. The van der Waals surface area contributed by atoms with Crippen LogP contribution in [0.5, 0.6) is 17.2 Å². The van der Waals surface area contributed by atoms with Crippen LogP contribution in [0.1, 0.15) is 34.9 Å². The van der Waals surface area contributed by atoms with E-state index in [1.165, 1.54) is 10.8 Å². The smallest absolute Gasteiger partial charge is 0.378 e. The van der Waals surface area contributed by atoms with Crippen LogP contribution in [0.25, 0.3) is 0 Å². The minimum atomic E-state index is -3.88. The molecule has 0 saturated carbocycles. The average Bonchev–Trinajstić information content (AvgIpc) is 3.52. The number of para-hydroxylation sites is 1. The van der Waals surface area contributed by atoms with Crippen LogP contribution in [0.15, 0.2) is 125 Å². The Kier molecular flexibility index (Phi) is 10.7. The summed E-state index contributed by atoms with van der Waals surface area (Å²) in [5, 5.41) is 0. The maximum absolute atomic E-state index is 12.9. The lowest BCUT2D eigenvalue weighted by atomic mass is 9.80. The first kappa shape index (κ1) is 35.3. The molecule has 1 saturated heterocycles. The minimum absolute atomic E-state index is 0.0775. The number of aromatic nitrogens is 2.